The minimum Gasteiger partial charge on any atom is -0.477 e. The molecule has 7 heteroatoms. The molecule has 1 aliphatic rings. The van der Waals surface area contributed by atoms with Crippen molar-refractivity contribution in [3.63, 3.8) is 0 Å². The maximum atomic E-state index is 12.4. The van der Waals surface area contributed by atoms with E-state index in [0.717, 1.165) is 19.3 Å². The summed E-state index contributed by atoms with van der Waals surface area (Å²) in [7, 11) is -3.70. The van der Waals surface area contributed by atoms with Crippen LogP contribution in [-0.4, -0.2) is 30.5 Å². The smallest absolute Gasteiger partial charge is 0.352 e. The van der Waals surface area contributed by atoms with Gasteiger partial charge in [0.2, 0.25) is 10.0 Å². The van der Waals surface area contributed by atoms with Crippen molar-refractivity contribution < 1.29 is 18.3 Å². The summed E-state index contributed by atoms with van der Waals surface area (Å²) in [5.41, 5.74) is 0.532. The SMILES string of the molecule is Cc1[nH]c(C(=O)O)c(C)c1S(=O)(=O)NC(C)CC1CC1. The molecular weight excluding hydrogens is 280 g/mol. The molecule has 1 aliphatic carbocycles. The van der Waals surface area contributed by atoms with Gasteiger partial charge in [0.15, 0.2) is 0 Å². The van der Waals surface area contributed by atoms with Gasteiger partial charge in [0.1, 0.15) is 10.6 Å². The van der Waals surface area contributed by atoms with Gasteiger partial charge in [-0.2, -0.15) is 0 Å². The highest BCUT2D eigenvalue weighted by Crippen LogP contribution is 2.34. The predicted octanol–water partition coefficient (Wildman–Crippen LogP) is 1.80. The third-order valence-corrected chi connectivity index (χ3v) is 5.45. The van der Waals surface area contributed by atoms with Gasteiger partial charge in [-0.15, -0.1) is 0 Å². The molecule has 0 aromatic carbocycles. The molecule has 1 saturated carbocycles. The molecule has 112 valence electrons. The molecule has 1 aromatic rings. The summed E-state index contributed by atoms with van der Waals surface area (Å²) in [6, 6.07) is -0.144. The molecule has 0 saturated heterocycles. The number of H-pyrrole nitrogens is 1. The molecule has 6 nitrogen and oxygen atoms in total. The Hall–Kier alpha value is -1.34. The number of hydrogen-bond donors (Lipinski definition) is 3. The minimum atomic E-state index is -3.70. The lowest BCUT2D eigenvalue weighted by atomic mass is 10.2. The van der Waals surface area contributed by atoms with E-state index in [1.54, 1.807) is 6.92 Å². The summed E-state index contributed by atoms with van der Waals surface area (Å²) in [5.74, 6) is -0.534. The number of carboxylic acid groups (broad SMARTS) is 1. The van der Waals surface area contributed by atoms with Crippen LogP contribution < -0.4 is 4.72 Å². The number of aromatic nitrogens is 1. The van der Waals surface area contributed by atoms with Crippen LogP contribution in [0.1, 0.15) is 47.9 Å². The first-order valence-corrected chi connectivity index (χ1v) is 8.15. The topological polar surface area (TPSA) is 99.3 Å². The quantitative estimate of drug-likeness (QED) is 0.746. The Morgan fingerprint density at radius 2 is 2.05 bits per heavy atom. The van der Waals surface area contributed by atoms with E-state index >= 15 is 0 Å². The van der Waals surface area contributed by atoms with Crippen molar-refractivity contribution in [3.8, 4) is 0 Å². The maximum absolute atomic E-state index is 12.4. The molecule has 3 N–H and O–H groups in total. The molecule has 1 fully saturated rings. The number of aromatic carboxylic acids is 1. The maximum Gasteiger partial charge on any atom is 0.352 e. The number of sulfonamides is 1. The van der Waals surface area contributed by atoms with Crippen molar-refractivity contribution in [3.05, 3.63) is 17.0 Å². The van der Waals surface area contributed by atoms with Crippen LogP contribution in [0.5, 0.6) is 0 Å². The fourth-order valence-electron chi connectivity index (χ4n) is 2.58. The van der Waals surface area contributed by atoms with E-state index in [4.69, 9.17) is 5.11 Å². The molecule has 0 bridgehead atoms. The minimum absolute atomic E-state index is 0.0533. The van der Waals surface area contributed by atoms with Gasteiger partial charge in [0, 0.05) is 17.3 Å². The highest BCUT2D eigenvalue weighted by atomic mass is 32.2. The highest BCUT2D eigenvalue weighted by molar-refractivity contribution is 7.89. The van der Waals surface area contributed by atoms with Gasteiger partial charge in [0.25, 0.3) is 0 Å². The summed E-state index contributed by atoms with van der Waals surface area (Å²) in [5, 5.41) is 9.03. The van der Waals surface area contributed by atoms with Crippen LogP contribution in [-0.2, 0) is 10.0 Å². The van der Waals surface area contributed by atoms with Gasteiger partial charge in [0.05, 0.1) is 0 Å². The Morgan fingerprint density at radius 1 is 1.45 bits per heavy atom. The molecule has 1 aromatic heterocycles. The van der Waals surface area contributed by atoms with Crippen molar-refractivity contribution >= 4 is 16.0 Å². The van der Waals surface area contributed by atoms with Gasteiger partial charge in [-0.3, -0.25) is 0 Å². The van der Waals surface area contributed by atoms with Crippen molar-refractivity contribution in [2.24, 2.45) is 5.92 Å². The second-order valence-electron chi connectivity index (χ2n) is 5.59. The van der Waals surface area contributed by atoms with Gasteiger partial charge in [-0.25, -0.2) is 17.9 Å². The number of nitrogens with one attached hydrogen (secondary N) is 2. The van der Waals surface area contributed by atoms with E-state index < -0.39 is 16.0 Å². The van der Waals surface area contributed by atoms with E-state index in [-0.39, 0.29) is 22.2 Å². The fraction of sp³-hybridized carbons (Fsp3) is 0.615. The van der Waals surface area contributed by atoms with Crippen molar-refractivity contribution in [2.45, 2.75) is 51.0 Å². The Kier molecular flexibility index (Phi) is 3.93. The van der Waals surface area contributed by atoms with E-state index in [2.05, 4.69) is 9.71 Å². The summed E-state index contributed by atoms with van der Waals surface area (Å²) in [6.07, 6.45) is 3.16. The first-order chi connectivity index (χ1) is 9.22. The van der Waals surface area contributed by atoms with Gasteiger partial charge < -0.3 is 10.1 Å². The zero-order chi connectivity index (χ0) is 15.1. The average molecular weight is 300 g/mol. The third kappa shape index (κ3) is 3.04. The monoisotopic (exact) mass is 300 g/mol. The van der Waals surface area contributed by atoms with Gasteiger partial charge >= 0.3 is 5.97 Å². The van der Waals surface area contributed by atoms with Crippen LogP contribution in [0.3, 0.4) is 0 Å². The van der Waals surface area contributed by atoms with E-state index in [1.165, 1.54) is 6.92 Å². The number of aromatic amines is 1. The number of carbonyl (C=O) groups is 1. The van der Waals surface area contributed by atoms with Crippen LogP contribution in [0, 0.1) is 19.8 Å². The lowest BCUT2D eigenvalue weighted by molar-refractivity contribution is 0.0690. The first-order valence-electron chi connectivity index (χ1n) is 6.67. The van der Waals surface area contributed by atoms with E-state index in [1.807, 2.05) is 6.92 Å². The molecule has 0 radical (unpaired) electrons. The zero-order valence-electron chi connectivity index (χ0n) is 11.9. The molecule has 2 rings (SSSR count). The highest BCUT2D eigenvalue weighted by Gasteiger charge is 2.30. The standard InChI is InChI=1S/C13H20N2O4S/c1-7(6-10-4-5-10)15-20(18,19)12-8(2)11(13(16)17)14-9(12)3/h7,10,14-15H,4-6H2,1-3H3,(H,16,17). The second kappa shape index (κ2) is 5.21. The molecular formula is C13H20N2O4S. The summed E-state index contributed by atoms with van der Waals surface area (Å²) in [6.45, 7) is 4.91. The first kappa shape index (κ1) is 15.1. The Labute approximate surface area is 118 Å². The number of rotatable bonds is 6. The predicted molar refractivity (Wildman–Crippen MR) is 74.4 cm³/mol. The molecule has 0 amide bonds. The van der Waals surface area contributed by atoms with Crippen LogP contribution in [0.4, 0.5) is 0 Å². The lowest BCUT2D eigenvalue weighted by Crippen LogP contribution is -2.33. The molecule has 1 atom stereocenters. The number of hydrogen-bond acceptors (Lipinski definition) is 3. The number of aryl methyl sites for hydroxylation is 1. The van der Waals surface area contributed by atoms with E-state index in [9.17, 15) is 13.2 Å². The molecule has 1 unspecified atom stereocenters. The third-order valence-electron chi connectivity index (χ3n) is 3.59. The van der Waals surface area contributed by atoms with Crippen LogP contribution in [0.15, 0.2) is 4.90 Å². The van der Waals surface area contributed by atoms with Crippen molar-refractivity contribution in [2.75, 3.05) is 0 Å². The summed E-state index contributed by atoms with van der Waals surface area (Å²) in [4.78, 5) is 13.7. The van der Waals surface area contributed by atoms with Gasteiger partial charge in [-0.05, 0) is 33.1 Å². The zero-order valence-corrected chi connectivity index (χ0v) is 12.7. The largest absolute Gasteiger partial charge is 0.477 e. The number of carboxylic acids is 1. The van der Waals surface area contributed by atoms with E-state index in [0.29, 0.717) is 11.6 Å². The van der Waals surface area contributed by atoms with Crippen molar-refractivity contribution in [1.82, 2.24) is 9.71 Å². The fourth-order valence-corrected chi connectivity index (χ4v) is 4.28. The second-order valence-corrected chi connectivity index (χ2v) is 7.24. The Morgan fingerprint density at radius 3 is 2.50 bits per heavy atom. The van der Waals surface area contributed by atoms with Crippen LogP contribution in [0.25, 0.3) is 0 Å². The Bertz CT molecular complexity index is 629. The summed E-state index contributed by atoms with van der Waals surface area (Å²) < 4.78 is 27.4. The molecule has 20 heavy (non-hydrogen) atoms. The summed E-state index contributed by atoms with van der Waals surface area (Å²) >= 11 is 0. The molecule has 0 spiro atoms. The Balaban J connectivity index is 2.26. The van der Waals surface area contributed by atoms with Crippen molar-refractivity contribution in [1.29, 1.82) is 0 Å². The average Bonchev–Trinajstić information content (AvgIpc) is 3.01. The van der Waals surface area contributed by atoms with Gasteiger partial charge in [-0.1, -0.05) is 12.8 Å². The normalized spacial score (nSPS) is 17.1. The molecule has 1 heterocycles. The molecule has 0 aliphatic heterocycles. The lowest BCUT2D eigenvalue weighted by Gasteiger charge is -2.14. The van der Waals surface area contributed by atoms with Crippen LogP contribution >= 0.6 is 0 Å². The van der Waals surface area contributed by atoms with Crippen LogP contribution in [0.2, 0.25) is 0 Å².